The van der Waals surface area contributed by atoms with Crippen molar-refractivity contribution in [2.24, 2.45) is 0 Å². The van der Waals surface area contributed by atoms with Gasteiger partial charge in [-0.05, 0) is 57.5 Å². The molecule has 4 nitrogen and oxygen atoms in total. The molecule has 0 spiro atoms. The second-order valence-electron chi connectivity index (χ2n) is 5.20. The van der Waals surface area contributed by atoms with Gasteiger partial charge in [0.05, 0.1) is 5.56 Å². The van der Waals surface area contributed by atoms with Gasteiger partial charge in [-0.3, -0.25) is 4.79 Å². The Balaban J connectivity index is 1.77. The number of hydrogen-bond donors (Lipinski definition) is 2. The number of anilines is 1. The number of nitrogen functional groups attached to an aromatic ring is 1. The Morgan fingerprint density at radius 1 is 1.37 bits per heavy atom. The molecule has 0 aliphatic carbocycles. The van der Waals surface area contributed by atoms with Gasteiger partial charge in [0.2, 0.25) is 0 Å². The third-order valence-corrected chi connectivity index (χ3v) is 3.67. The van der Waals surface area contributed by atoms with E-state index in [1.807, 2.05) is 19.1 Å². The van der Waals surface area contributed by atoms with Gasteiger partial charge in [0.1, 0.15) is 0 Å². The molecule has 1 heterocycles. The zero-order chi connectivity index (χ0) is 13.7. The summed E-state index contributed by atoms with van der Waals surface area (Å²) in [6.07, 6.45) is 3.62. The standard InChI is InChI=1S/C15H23N3O/c1-12-6-4-7-13(16)14(12)15(19)17-8-5-11-18-9-2-3-10-18/h4,6-7H,2-3,5,8-11,16H2,1H3,(H,17,19). The minimum atomic E-state index is -0.0583. The molecule has 1 aromatic rings. The topological polar surface area (TPSA) is 58.4 Å². The van der Waals surface area contributed by atoms with E-state index in [0.717, 1.165) is 18.5 Å². The number of carbonyl (C=O) groups excluding carboxylic acids is 1. The highest BCUT2D eigenvalue weighted by molar-refractivity contribution is 6.00. The van der Waals surface area contributed by atoms with E-state index < -0.39 is 0 Å². The lowest BCUT2D eigenvalue weighted by Gasteiger charge is -2.15. The minimum Gasteiger partial charge on any atom is -0.398 e. The molecule has 19 heavy (non-hydrogen) atoms. The molecule has 2 rings (SSSR count). The summed E-state index contributed by atoms with van der Waals surface area (Å²) in [7, 11) is 0. The van der Waals surface area contributed by atoms with Crippen molar-refractivity contribution in [3.63, 3.8) is 0 Å². The SMILES string of the molecule is Cc1cccc(N)c1C(=O)NCCCN1CCCC1. The van der Waals surface area contributed by atoms with Gasteiger partial charge >= 0.3 is 0 Å². The molecular weight excluding hydrogens is 238 g/mol. The van der Waals surface area contributed by atoms with Gasteiger partial charge in [0.25, 0.3) is 5.91 Å². The summed E-state index contributed by atoms with van der Waals surface area (Å²) in [4.78, 5) is 14.5. The van der Waals surface area contributed by atoms with Crippen molar-refractivity contribution in [2.75, 3.05) is 31.9 Å². The first kappa shape index (κ1) is 13.9. The quantitative estimate of drug-likeness (QED) is 0.627. The number of benzene rings is 1. The molecule has 1 aliphatic heterocycles. The molecule has 4 heteroatoms. The van der Waals surface area contributed by atoms with Crippen molar-refractivity contribution in [3.05, 3.63) is 29.3 Å². The van der Waals surface area contributed by atoms with Crippen molar-refractivity contribution in [3.8, 4) is 0 Å². The minimum absolute atomic E-state index is 0.0583. The summed E-state index contributed by atoms with van der Waals surface area (Å²) in [5, 5.41) is 2.96. The highest BCUT2D eigenvalue weighted by Gasteiger charge is 2.13. The number of hydrogen-bond acceptors (Lipinski definition) is 3. The summed E-state index contributed by atoms with van der Waals surface area (Å²) in [5.74, 6) is -0.0583. The van der Waals surface area contributed by atoms with Crippen LogP contribution in [0.2, 0.25) is 0 Å². The van der Waals surface area contributed by atoms with Gasteiger partial charge in [-0.25, -0.2) is 0 Å². The molecule has 3 N–H and O–H groups in total. The maximum absolute atomic E-state index is 12.1. The number of nitrogens with zero attached hydrogens (tertiary/aromatic N) is 1. The number of carbonyl (C=O) groups is 1. The number of aryl methyl sites for hydroxylation is 1. The van der Waals surface area contributed by atoms with Gasteiger partial charge in [-0.15, -0.1) is 0 Å². The molecule has 1 amide bonds. The summed E-state index contributed by atoms with van der Waals surface area (Å²) in [6, 6.07) is 5.55. The monoisotopic (exact) mass is 261 g/mol. The first-order chi connectivity index (χ1) is 9.18. The van der Waals surface area contributed by atoms with Gasteiger partial charge in [-0.2, -0.15) is 0 Å². The lowest BCUT2D eigenvalue weighted by molar-refractivity contribution is 0.0952. The number of nitrogens with two attached hydrogens (primary N) is 1. The number of likely N-dealkylation sites (tertiary alicyclic amines) is 1. The lowest BCUT2D eigenvalue weighted by Crippen LogP contribution is -2.29. The Morgan fingerprint density at radius 3 is 2.79 bits per heavy atom. The Bertz CT molecular complexity index is 419. The summed E-state index contributed by atoms with van der Waals surface area (Å²) >= 11 is 0. The zero-order valence-corrected chi connectivity index (χ0v) is 11.6. The second-order valence-corrected chi connectivity index (χ2v) is 5.20. The maximum Gasteiger partial charge on any atom is 0.253 e. The molecular formula is C15H23N3O. The Kier molecular flexibility index (Phi) is 4.80. The normalized spacial score (nSPS) is 15.6. The van der Waals surface area contributed by atoms with Crippen LogP contribution in [0.4, 0.5) is 5.69 Å². The average Bonchev–Trinajstić information content (AvgIpc) is 2.87. The van der Waals surface area contributed by atoms with Gasteiger partial charge in [0.15, 0.2) is 0 Å². The van der Waals surface area contributed by atoms with Gasteiger partial charge < -0.3 is 16.0 Å². The highest BCUT2D eigenvalue weighted by atomic mass is 16.1. The summed E-state index contributed by atoms with van der Waals surface area (Å²) in [5.41, 5.74) is 7.95. The predicted octanol–water partition coefficient (Wildman–Crippen LogP) is 1.79. The Hall–Kier alpha value is -1.55. The van der Waals surface area contributed by atoms with Crippen LogP contribution in [-0.2, 0) is 0 Å². The van der Waals surface area contributed by atoms with Crippen molar-refractivity contribution >= 4 is 11.6 Å². The second kappa shape index (κ2) is 6.57. The van der Waals surface area contributed by atoms with Crippen molar-refractivity contribution in [1.82, 2.24) is 10.2 Å². The largest absolute Gasteiger partial charge is 0.398 e. The third kappa shape index (κ3) is 3.70. The van der Waals surface area contributed by atoms with Crippen LogP contribution in [0.1, 0.15) is 35.2 Å². The van der Waals surface area contributed by atoms with Crippen molar-refractivity contribution in [1.29, 1.82) is 0 Å². The zero-order valence-electron chi connectivity index (χ0n) is 11.6. The smallest absolute Gasteiger partial charge is 0.253 e. The average molecular weight is 261 g/mol. The van der Waals surface area contributed by atoms with Crippen molar-refractivity contribution < 1.29 is 4.79 Å². The molecule has 0 atom stereocenters. The number of nitrogens with one attached hydrogen (secondary N) is 1. The van der Waals surface area contributed by atoms with Crippen LogP contribution in [0.5, 0.6) is 0 Å². The molecule has 0 bridgehead atoms. The van der Waals surface area contributed by atoms with E-state index in [1.165, 1.54) is 25.9 Å². The van der Waals surface area contributed by atoms with E-state index in [1.54, 1.807) is 6.07 Å². The van der Waals surface area contributed by atoms with Gasteiger partial charge in [-0.1, -0.05) is 12.1 Å². The molecule has 104 valence electrons. The fourth-order valence-electron chi connectivity index (χ4n) is 2.60. The van der Waals surface area contributed by atoms with Crippen LogP contribution in [0, 0.1) is 6.92 Å². The molecule has 1 saturated heterocycles. The van der Waals surface area contributed by atoms with E-state index in [9.17, 15) is 4.79 Å². The maximum atomic E-state index is 12.1. The predicted molar refractivity (Wildman–Crippen MR) is 78.2 cm³/mol. The van der Waals surface area contributed by atoms with Crippen LogP contribution < -0.4 is 11.1 Å². The van der Waals surface area contributed by atoms with E-state index in [4.69, 9.17) is 5.73 Å². The van der Waals surface area contributed by atoms with Crippen LogP contribution in [0.15, 0.2) is 18.2 Å². The van der Waals surface area contributed by atoms with Gasteiger partial charge in [0, 0.05) is 12.2 Å². The van der Waals surface area contributed by atoms with E-state index in [0.29, 0.717) is 17.8 Å². The lowest BCUT2D eigenvalue weighted by atomic mass is 10.1. The third-order valence-electron chi connectivity index (χ3n) is 3.67. The van der Waals surface area contributed by atoms with Crippen LogP contribution in [0.3, 0.4) is 0 Å². The van der Waals surface area contributed by atoms with Crippen LogP contribution >= 0.6 is 0 Å². The molecule has 0 aromatic heterocycles. The molecule has 1 aliphatic rings. The first-order valence-corrected chi connectivity index (χ1v) is 7.04. The van der Waals surface area contributed by atoms with Crippen LogP contribution in [0.25, 0.3) is 0 Å². The fraction of sp³-hybridized carbons (Fsp3) is 0.533. The number of amides is 1. The van der Waals surface area contributed by atoms with E-state index in [-0.39, 0.29) is 5.91 Å². The Morgan fingerprint density at radius 2 is 2.11 bits per heavy atom. The molecule has 1 aromatic carbocycles. The summed E-state index contributed by atoms with van der Waals surface area (Å²) in [6.45, 7) is 6.11. The molecule has 0 saturated carbocycles. The molecule has 0 unspecified atom stereocenters. The fourth-order valence-corrected chi connectivity index (χ4v) is 2.60. The summed E-state index contributed by atoms with van der Waals surface area (Å²) < 4.78 is 0. The van der Waals surface area contributed by atoms with E-state index >= 15 is 0 Å². The molecule has 0 radical (unpaired) electrons. The first-order valence-electron chi connectivity index (χ1n) is 7.04. The van der Waals surface area contributed by atoms with Crippen molar-refractivity contribution in [2.45, 2.75) is 26.2 Å². The highest BCUT2D eigenvalue weighted by Crippen LogP contribution is 2.15. The van der Waals surface area contributed by atoms with Crippen LogP contribution in [-0.4, -0.2) is 37.0 Å². The number of rotatable bonds is 5. The Labute approximate surface area is 115 Å². The molecule has 1 fully saturated rings. The van der Waals surface area contributed by atoms with E-state index in [2.05, 4.69) is 10.2 Å².